The number of nitrogens with one attached hydrogen (secondary N) is 1. The zero-order valence-electron chi connectivity index (χ0n) is 23.2. The van der Waals surface area contributed by atoms with Gasteiger partial charge in [0, 0.05) is 35.0 Å². The summed E-state index contributed by atoms with van der Waals surface area (Å²) in [5.74, 6) is 3.05. The number of hydrogen-bond donors (Lipinski definition) is 1. The maximum atomic E-state index is 13.4. The van der Waals surface area contributed by atoms with E-state index in [1.165, 1.54) is 4.88 Å². The zero-order chi connectivity index (χ0) is 28.3. The van der Waals surface area contributed by atoms with Gasteiger partial charge in [0.15, 0.2) is 17.3 Å². The lowest BCUT2D eigenvalue weighted by Gasteiger charge is -2.33. The first kappa shape index (κ1) is 27.0. The molecule has 10 nitrogen and oxygen atoms in total. The molecule has 0 saturated carbocycles. The summed E-state index contributed by atoms with van der Waals surface area (Å²) in [4.78, 5) is 19.9. The highest BCUT2D eigenvalue weighted by Crippen LogP contribution is 2.35. The van der Waals surface area contributed by atoms with E-state index >= 15 is 0 Å². The molecule has 0 amide bonds. The third-order valence-corrected chi connectivity index (χ3v) is 8.10. The Hall–Kier alpha value is -4.22. The highest BCUT2D eigenvalue weighted by molar-refractivity contribution is 7.09. The van der Waals surface area contributed by atoms with Crippen LogP contribution in [0.4, 0.5) is 0 Å². The largest absolute Gasteiger partial charge is 0.497 e. The van der Waals surface area contributed by atoms with Crippen LogP contribution in [0.1, 0.15) is 41.7 Å². The van der Waals surface area contributed by atoms with Gasteiger partial charge in [0.05, 0.1) is 25.2 Å². The van der Waals surface area contributed by atoms with Crippen molar-refractivity contribution in [2.24, 2.45) is 5.92 Å². The lowest BCUT2D eigenvalue weighted by atomic mass is 10.00. The molecule has 4 heterocycles. The van der Waals surface area contributed by atoms with E-state index in [0.717, 1.165) is 28.0 Å². The fourth-order valence-corrected chi connectivity index (χ4v) is 6.03. The number of fused-ring (bicyclic) bond motifs is 2. The van der Waals surface area contributed by atoms with E-state index in [9.17, 15) is 4.79 Å². The number of rotatable bonds is 10. The number of ether oxygens (including phenoxy) is 3. The van der Waals surface area contributed by atoms with Gasteiger partial charge in [0.2, 0.25) is 0 Å². The Bertz CT molecular complexity index is 1680. The maximum Gasteiger partial charge on any atom is 0.252 e. The van der Waals surface area contributed by atoms with E-state index in [2.05, 4.69) is 50.7 Å². The second-order valence-electron chi connectivity index (χ2n) is 10.4. The summed E-state index contributed by atoms with van der Waals surface area (Å²) in [6, 6.07) is 17.6. The number of aromatic nitrogens is 5. The van der Waals surface area contributed by atoms with Gasteiger partial charge in [-0.25, -0.2) is 4.68 Å². The van der Waals surface area contributed by atoms with E-state index in [4.69, 9.17) is 14.2 Å². The molecule has 1 aliphatic heterocycles. The summed E-state index contributed by atoms with van der Waals surface area (Å²) in [6.45, 7) is 6.90. The topological polar surface area (TPSA) is 107 Å². The fraction of sp³-hybridized carbons (Fsp3) is 0.333. The van der Waals surface area contributed by atoms with Crippen molar-refractivity contribution in [3.63, 3.8) is 0 Å². The van der Waals surface area contributed by atoms with Crippen LogP contribution in [0.15, 0.2) is 64.8 Å². The van der Waals surface area contributed by atoms with Crippen molar-refractivity contribution in [1.29, 1.82) is 0 Å². The van der Waals surface area contributed by atoms with Gasteiger partial charge >= 0.3 is 0 Å². The number of hydrogen-bond acceptors (Lipinski definition) is 9. The Morgan fingerprint density at radius 3 is 2.56 bits per heavy atom. The Kier molecular flexibility index (Phi) is 7.71. The Labute approximate surface area is 241 Å². The molecule has 2 aromatic carbocycles. The first-order valence-corrected chi connectivity index (χ1v) is 14.5. The molecule has 6 rings (SSSR count). The second-order valence-corrected chi connectivity index (χ2v) is 11.5. The molecule has 0 unspecified atom stereocenters. The zero-order valence-corrected chi connectivity index (χ0v) is 24.1. The van der Waals surface area contributed by atoms with Crippen molar-refractivity contribution in [2.75, 3.05) is 20.3 Å². The van der Waals surface area contributed by atoms with Gasteiger partial charge in [0.1, 0.15) is 19.0 Å². The lowest BCUT2D eigenvalue weighted by Crippen LogP contribution is -2.35. The van der Waals surface area contributed by atoms with Gasteiger partial charge in [0.25, 0.3) is 5.56 Å². The summed E-state index contributed by atoms with van der Waals surface area (Å²) in [6.07, 6.45) is 0. The molecular weight excluding hydrogens is 540 g/mol. The summed E-state index contributed by atoms with van der Waals surface area (Å²) in [5.41, 5.74) is 2.31. The minimum Gasteiger partial charge on any atom is -0.497 e. The van der Waals surface area contributed by atoms with Crippen molar-refractivity contribution < 1.29 is 14.2 Å². The molecule has 1 N–H and O–H groups in total. The average molecular weight is 573 g/mol. The van der Waals surface area contributed by atoms with E-state index in [1.54, 1.807) is 18.4 Å². The van der Waals surface area contributed by atoms with Gasteiger partial charge in [-0.3, -0.25) is 9.69 Å². The first-order chi connectivity index (χ1) is 20.0. The normalized spacial score (nSPS) is 13.7. The van der Waals surface area contributed by atoms with Crippen LogP contribution in [-0.4, -0.2) is 50.4 Å². The van der Waals surface area contributed by atoms with Crippen LogP contribution in [0.3, 0.4) is 0 Å². The van der Waals surface area contributed by atoms with Crippen LogP contribution in [0.2, 0.25) is 0 Å². The monoisotopic (exact) mass is 572 g/mol. The number of thiophene rings is 1. The molecule has 0 aliphatic carbocycles. The SMILES string of the molecule is COc1ccc(Cn2nnnc2[C@H](C(C)C)N(Cc2cccs2)Cc2cc3cc4c(cc3[nH]c2=O)OCCO4)cc1. The molecule has 0 spiro atoms. The van der Waals surface area contributed by atoms with Gasteiger partial charge in [-0.15, -0.1) is 16.4 Å². The van der Waals surface area contributed by atoms with E-state index in [1.807, 2.05) is 53.2 Å². The second kappa shape index (κ2) is 11.7. The molecule has 41 heavy (non-hydrogen) atoms. The quantitative estimate of drug-likeness (QED) is 0.254. The first-order valence-electron chi connectivity index (χ1n) is 13.6. The molecule has 0 saturated heterocycles. The van der Waals surface area contributed by atoms with Crippen molar-refractivity contribution in [2.45, 2.75) is 39.5 Å². The Morgan fingerprint density at radius 2 is 1.85 bits per heavy atom. The van der Waals surface area contributed by atoms with Crippen molar-refractivity contribution >= 4 is 22.2 Å². The minimum absolute atomic E-state index is 0.134. The highest BCUT2D eigenvalue weighted by Gasteiger charge is 2.30. The van der Waals surface area contributed by atoms with Crippen LogP contribution >= 0.6 is 11.3 Å². The summed E-state index contributed by atoms with van der Waals surface area (Å²) >= 11 is 1.69. The number of nitrogens with zero attached hydrogens (tertiary/aromatic N) is 5. The van der Waals surface area contributed by atoms with Crippen LogP contribution in [0.25, 0.3) is 10.9 Å². The van der Waals surface area contributed by atoms with Crippen LogP contribution in [0, 0.1) is 5.92 Å². The van der Waals surface area contributed by atoms with Crippen molar-refractivity contribution in [1.82, 2.24) is 30.1 Å². The summed E-state index contributed by atoms with van der Waals surface area (Å²) < 4.78 is 18.7. The number of pyridine rings is 1. The third-order valence-electron chi connectivity index (χ3n) is 7.24. The molecule has 5 aromatic rings. The lowest BCUT2D eigenvalue weighted by molar-refractivity contribution is 0.127. The standard InChI is InChI=1S/C30H32N6O4S/c1-19(2)28(29-32-33-34-36(29)16-20-6-8-23(38-3)9-7-20)35(18-24-5-4-12-41-24)17-22-13-21-14-26-27(40-11-10-39-26)15-25(21)31-30(22)37/h4-9,12-15,19,28H,10-11,16-18H2,1-3H3,(H,31,37)/t28-/m0/s1. The van der Waals surface area contributed by atoms with Gasteiger partial charge in [-0.05, 0) is 57.6 Å². The van der Waals surface area contributed by atoms with E-state index in [0.29, 0.717) is 49.9 Å². The van der Waals surface area contributed by atoms with E-state index < -0.39 is 0 Å². The number of tetrazole rings is 1. The molecule has 1 atom stereocenters. The minimum atomic E-state index is -0.152. The van der Waals surface area contributed by atoms with Crippen LogP contribution in [0.5, 0.6) is 17.2 Å². The molecule has 0 bridgehead atoms. The fourth-order valence-electron chi connectivity index (χ4n) is 5.30. The van der Waals surface area contributed by atoms with Gasteiger partial charge in [-0.1, -0.05) is 32.0 Å². The molecule has 0 radical (unpaired) electrons. The van der Waals surface area contributed by atoms with Gasteiger partial charge < -0.3 is 19.2 Å². The Morgan fingerprint density at radius 1 is 1.07 bits per heavy atom. The van der Waals surface area contributed by atoms with Crippen LogP contribution in [-0.2, 0) is 19.6 Å². The van der Waals surface area contributed by atoms with Crippen molar-refractivity contribution in [3.05, 3.63) is 92.2 Å². The third kappa shape index (κ3) is 5.82. The number of H-pyrrole nitrogens is 1. The number of benzene rings is 2. The maximum absolute atomic E-state index is 13.4. The summed E-state index contributed by atoms with van der Waals surface area (Å²) in [7, 11) is 1.65. The molecule has 0 fully saturated rings. The molecule has 3 aromatic heterocycles. The van der Waals surface area contributed by atoms with Crippen LogP contribution < -0.4 is 19.8 Å². The number of methoxy groups -OCH3 is 1. The predicted molar refractivity (Wildman–Crippen MR) is 157 cm³/mol. The van der Waals surface area contributed by atoms with Crippen molar-refractivity contribution in [3.8, 4) is 17.2 Å². The molecule has 1 aliphatic rings. The Balaban J connectivity index is 1.36. The predicted octanol–water partition coefficient (Wildman–Crippen LogP) is 4.80. The van der Waals surface area contributed by atoms with E-state index in [-0.39, 0.29) is 17.5 Å². The molecule has 212 valence electrons. The van der Waals surface area contributed by atoms with Gasteiger partial charge in [-0.2, -0.15) is 0 Å². The summed E-state index contributed by atoms with van der Waals surface area (Å²) in [5, 5.41) is 15.9. The molecular formula is C30H32N6O4S. The average Bonchev–Trinajstić information content (AvgIpc) is 3.65. The highest BCUT2D eigenvalue weighted by atomic mass is 32.1. The smallest absolute Gasteiger partial charge is 0.252 e. The number of aromatic amines is 1. The molecule has 11 heteroatoms.